The van der Waals surface area contributed by atoms with Gasteiger partial charge in [-0.15, -0.1) is 0 Å². The Balaban J connectivity index is 2.07. The summed E-state index contributed by atoms with van der Waals surface area (Å²) in [7, 11) is 1.59. The van der Waals surface area contributed by atoms with E-state index in [9.17, 15) is 9.59 Å². The molecule has 0 aromatic carbocycles. The number of nitrogens with zero attached hydrogens (tertiary/aromatic N) is 3. The summed E-state index contributed by atoms with van der Waals surface area (Å²) in [4.78, 5) is 26.2. The molecule has 1 aromatic heterocycles. The molecule has 24 heavy (non-hydrogen) atoms. The number of aromatic nitrogens is 2. The van der Waals surface area contributed by atoms with Crippen LogP contribution in [0.1, 0.15) is 37.6 Å². The highest BCUT2D eigenvalue weighted by molar-refractivity contribution is 5.87. The second-order valence-corrected chi connectivity index (χ2v) is 6.47. The molecule has 2 rings (SSSR count). The van der Waals surface area contributed by atoms with Gasteiger partial charge in [0, 0.05) is 32.9 Å². The minimum atomic E-state index is -0.525. The molecule has 0 bridgehead atoms. The van der Waals surface area contributed by atoms with Gasteiger partial charge in [-0.05, 0) is 39.2 Å². The van der Waals surface area contributed by atoms with E-state index in [0.29, 0.717) is 19.6 Å². The average molecular weight is 336 g/mol. The van der Waals surface area contributed by atoms with E-state index in [1.54, 1.807) is 7.11 Å². The molecule has 0 saturated carbocycles. The average Bonchev–Trinajstić information content (AvgIpc) is 3.09. The van der Waals surface area contributed by atoms with Gasteiger partial charge in [0.2, 0.25) is 11.8 Å². The number of amides is 2. The lowest BCUT2D eigenvalue weighted by Gasteiger charge is -2.29. The Morgan fingerprint density at radius 1 is 1.46 bits per heavy atom. The fourth-order valence-electron chi connectivity index (χ4n) is 3.31. The molecule has 0 spiro atoms. The molecule has 1 aliphatic heterocycles. The number of hydrogen-bond donors (Lipinski definition) is 1. The highest BCUT2D eigenvalue weighted by Crippen LogP contribution is 2.21. The van der Waals surface area contributed by atoms with Crippen LogP contribution in [0, 0.1) is 13.8 Å². The van der Waals surface area contributed by atoms with Gasteiger partial charge in [-0.3, -0.25) is 14.3 Å². The SMILES string of the molecule is COCC[C@@H](NC(C)=O)C(=O)N1CCC[C@@H]1Cn1nc(C)cc1C. The summed E-state index contributed by atoms with van der Waals surface area (Å²) in [5.41, 5.74) is 2.09. The number of methoxy groups -OCH3 is 1. The van der Waals surface area contributed by atoms with Crippen molar-refractivity contribution in [3.8, 4) is 0 Å². The second-order valence-electron chi connectivity index (χ2n) is 6.47. The Labute approximate surface area is 143 Å². The molecule has 0 unspecified atom stereocenters. The first-order valence-corrected chi connectivity index (χ1v) is 8.50. The van der Waals surface area contributed by atoms with E-state index in [2.05, 4.69) is 10.4 Å². The van der Waals surface area contributed by atoms with E-state index < -0.39 is 6.04 Å². The Bertz CT molecular complexity index is 584. The van der Waals surface area contributed by atoms with Gasteiger partial charge in [-0.1, -0.05) is 0 Å². The maximum Gasteiger partial charge on any atom is 0.245 e. The van der Waals surface area contributed by atoms with Crippen LogP contribution in [-0.4, -0.2) is 58.8 Å². The summed E-state index contributed by atoms with van der Waals surface area (Å²) in [5, 5.41) is 7.26. The van der Waals surface area contributed by atoms with Gasteiger partial charge in [-0.2, -0.15) is 5.10 Å². The predicted octanol–water partition coefficient (Wildman–Crippen LogP) is 1.03. The molecule has 2 heterocycles. The van der Waals surface area contributed by atoms with Crippen molar-refractivity contribution in [2.45, 2.75) is 58.7 Å². The number of nitrogens with one attached hydrogen (secondary N) is 1. The summed E-state index contributed by atoms with van der Waals surface area (Å²) in [6, 6.07) is 1.64. The normalized spacial score (nSPS) is 18.7. The number of hydrogen-bond acceptors (Lipinski definition) is 4. The molecule has 7 heteroatoms. The zero-order valence-corrected chi connectivity index (χ0v) is 15.0. The van der Waals surface area contributed by atoms with Crippen molar-refractivity contribution in [3.63, 3.8) is 0 Å². The van der Waals surface area contributed by atoms with Crippen molar-refractivity contribution in [1.29, 1.82) is 0 Å². The van der Waals surface area contributed by atoms with Crippen LogP contribution < -0.4 is 5.32 Å². The van der Waals surface area contributed by atoms with Crippen molar-refractivity contribution >= 4 is 11.8 Å². The van der Waals surface area contributed by atoms with Gasteiger partial charge >= 0.3 is 0 Å². The molecule has 134 valence electrons. The minimum Gasteiger partial charge on any atom is -0.385 e. The lowest BCUT2D eigenvalue weighted by molar-refractivity contribution is -0.137. The summed E-state index contributed by atoms with van der Waals surface area (Å²) in [6.07, 6.45) is 2.42. The first-order chi connectivity index (χ1) is 11.4. The monoisotopic (exact) mass is 336 g/mol. The number of carbonyl (C=O) groups excluding carboxylic acids is 2. The van der Waals surface area contributed by atoms with Crippen molar-refractivity contribution < 1.29 is 14.3 Å². The number of ether oxygens (including phenoxy) is 1. The van der Waals surface area contributed by atoms with Crippen LogP contribution >= 0.6 is 0 Å². The Kier molecular flexibility index (Phi) is 6.36. The predicted molar refractivity (Wildman–Crippen MR) is 90.5 cm³/mol. The van der Waals surface area contributed by atoms with E-state index in [-0.39, 0.29) is 17.9 Å². The fraction of sp³-hybridized carbons (Fsp3) is 0.706. The molecule has 1 fully saturated rings. The molecule has 0 radical (unpaired) electrons. The van der Waals surface area contributed by atoms with Crippen molar-refractivity contribution in [3.05, 3.63) is 17.5 Å². The number of rotatable bonds is 7. The lowest BCUT2D eigenvalue weighted by atomic mass is 10.1. The molecule has 2 amide bonds. The van der Waals surface area contributed by atoms with Gasteiger partial charge in [0.15, 0.2) is 0 Å². The Morgan fingerprint density at radius 2 is 2.21 bits per heavy atom. The van der Waals surface area contributed by atoms with E-state index in [4.69, 9.17) is 4.74 Å². The van der Waals surface area contributed by atoms with E-state index in [1.165, 1.54) is 6.92 Å². The topological polar surface area (TPSA) is 76.5 Å². The van der Waals surface area contributed by atoms with Gasteiger partial charge in [0.1, 0.15) is 6.04 Å². The third-order valence-corrected chi connectivity index (χ3v) is 4.43. The van der Waals surface area contributed by atoms with Crippen LogP contribution in [0.2, 0.25) is 0 Å². The molecule has 1 aliphatic rings. The van der Waals surface area contributed by atoms with Gasteiger partial charge in [0.05, 0.1) is 18.3 Å². The van der Waals surface area contributed by atoms with E-state index >= 15 is 0 Å². The third kappa shape index (κ3) is 4.56. The van der Waals surface area contributed by atoms with Gasteiger partial charge in [-0.25, -0.2) is 0 Å². The highest BCUT2D eigenvalue weighted by Gasteiger charge is 2.33. The third-order valence-electron chi connectivity index (χ3n) is 4.43. The highest BCUT2D eigenvalue weighted by atomic mass is 16.5. The first-order valence-electron chi connectivity index (χ1n) is 8.50. The molecular formula is C17H28N4O3. The fourth-order valence-corrected chi connectivity index (χ4v) is 3.31. The van der Waals surface area contributed by atoms with Crippen molar-refractivity contribution in [1.82, 2.24) is 20.0 Å². The summed E-state index contributed by atoms with van der Waals surface area (Å²) < 4.78 is 7.04. The zero-order chi connectivity index (χ0) is 17.7. The van der Waals surface area contributed by atoms with E-state index in [1.807, 2.05) is 29.5 Å². The molecule has 2 atom stereocenters. The molecule has 1 N–H and O–H groups in total. The summed E-state index contributed by atoms with van der Waals surface area (Å²) in [6.45, 7) is 7.30. The van der Waals surface area contributed by atoms with Crippen molar-refractivity contribution in [2.75, 3.05) is 20.3 Å². The molecule has 1 saturated heterocycles. The Morgan fingerprint density at radius 3 is 2.79 bits per heavy atom. The maximum absolute atomic E-state index is 12.9. The quantitative estimate of drug-likeness (QED) is 0.807. The molecule has 0 aliphatic carbocycles. The largest absolute Gasteiger partial charge is 0.385 e. The minimum absolute atomic E-state index is 0.0220. The smallest absolute Gasteiger partial charge is 0.245 e. The lowest BCUT2D eigenvalue weighted by Crippen LogP contribution is -2.50. The zero-order valence-electron chi connectivity index (χ0n) is 15.0. The first kappa shape index (κ1) is 18.4. The number of aryl methyl sites for hydroxylation is 2. The second kappa shape index (κ2) is 8.28. The molecule has 7 nitrogen and oxygen atoms in total. The van der Waals surface area contributed by atoms with Crippen LogP contribution in [0.3, 0.4) is 0 Å². The van der Waals surface area contributed by atoms with Crippen LogP contribution in [0.25, 0.3) is 0 Å². The summed E-state index contributed by atoms with van der Waals surface area (Å²) in [5.74, 6) is -0.218. The maximum atomic E-state index is 12.9. The standard InChI is InChI=1S/C17H28N4O3/c1-12-10-13(2)21(19-12)11-15-6-5-8-20(15)17(23)16(7-9-24-4)18-14(3)22/h10,15-16H,5-9,11H2,1-4H3,(H,18,22)/t15-,16-/m1/s1. The van der Waals surface area contributed by atoms with Gasteiger partial charge < -0.3 is 15.0 Å². The summed E-state index contributed by atoms with van der Waals surface area (Å²) >= 11 is 0. The Hall–Kier alpha value is -1.89. The van der Waals surface area contributed by atoms with Gasteiger partial charge in [0.25, 0.3) is 0 Å². The van der Waals surface area contributed by atoms with Crippen LogP contribution in [-0.2, 0) is 20.9 Å². The van der Waals surface area contributed by atoms with Crippen LogP contribution in [0.4, 0.5) is 0 Å². The van der Waals surface area contributed by atoms with Crippen molar-refractivity contribution in [2.24, 2.45) is 0 Å². The number of likely N-dealkylation sites (tertiary alicyclic amines) is 1. The van der Waals surface area contributed by atoms with E-state index in [0.717, 1.165) is 30.8 Å². The number of carbonyl (C=O) groups is 2. The van der Waals surface area contributed by atoms with Crippen LogP contribution in [0.15, 0.2) is 6.07 Å². The molecular weight excluding hydrogens is 308 g/mol. The molecule has 1 aromatic rings. The van der Waals surface area contributed by atoms with Crippen LogP contribution in [0.5, 0.6) is 0 Å².